The summed E-state index contributed by atoms with van der Waals surface area (Å²) in [6.07, 6.45) is 0. The van der Waals surface area contributed by atoms with Gasteiger partial charge in [0.25, 0.3) is 0 Å². The molecule has 1 N–H and O–H groups in total. The number of aryl methyl sites for hydroxylation is 1. The molecule has 0 atom stereocenters. The van der Waals surface area contributed by atoms with Gasteiger partial charge in [0, 0.05) is 22.3 Å². The number of halogens is 4. The van der Waals surface area contributed by atoms with Gasteiger partial charge in [0.2, 0.25) is 0 Å². The Bertz CT molecular complexity index is 918. The molecular formula is C21H17Cl4NO. The van der Waals surface area contributed by atoms with E-state index in [0.717, 1.165) is 22.4 Å². The highest BCUT2D eigenvalue weighted by molar-refractivity contribution is 6.37. The molecule has 0 aliphatic heterocycles. The van der Waals surface area contributed by atoms with E-state index in [4.69, 9.17) is 51.1 Å². The van der Waals surface area contributed by atoms with Crippen LogP contribution in [0, 0.1) is 6.92 Å². The van der Waals surface area contributed by atoms with Crippen molar-refractivity contribution in [3.05, 3.63) is 91.4 Å². The average molecular weight is 441 g/mol. The molecule has 0 saturated heterocycles. The Morgan fingerprint density at radius 1 is 0.778 bits per heavy atom. The summed E-state index contributed by atoms with van der Waals surface area (Å²) in [5.74, 6) is 0.468. The molecule has 0 spiro atoms. The lowest BCUT2D eigenvalue weighted by Gasteiger charge is -2.14. The van der Waals surface area contributed by atoms with E-state index in [-0.39, 0.29) is 0 Å². The van der Waals surface area contributed by atoms with Gasteiger partial charge in [-0.25, -0.2) is 0 Å². The summed E-state index contributed by atoms with van der Waals surface area (Å²) >= 11 is 24.7. The maximum Gasteiger partial charge on any atom is 0.156 e. The molecule has 0 unspecified atom stereocenters. The topological polar surface area (TPSA) is 21.3 Å². The average Bonchev–Trinajstić information content (AvgIpc) is 2.63. The van der Waals surface area contributed by atoms with E-state index in [1.807, 2.05) is 61.5 Å². The van der Waals surface area contributed by atoms with E-state index in [1.165, 1.54) is 0 Å². The number of anilines is 1. The van der Waals surface area contributed by atoms with Crippen LogP contribution < -0.4 is 10.1 Å². The molecule has 0 aliphatic carbocycles. The van der Waals surface area contributed by atoms with Crippen molar-refractivity contribution in [2.75, 3.05) is 5.32 Å². The van der Waals surface area contributed by atoms with Crippen LogP contribution in [0.5, 0.6) is 5.75 Å². The molecular weight excluding hydrogens is 424 g/mol. The number of hydrogen-bond donors (Lipinski definition) is 1. The quantitative estimate of drug-likeness (QED) is 0.422. The number of hydrogen-bond acceptors (Lipinski definition) is 2. The number of nitrogens with one attached hydrogen (secondary N) is 1. The summed E-state index contributed by atoms with van der Waals surface area (Å²) in [6.45, 7) is 2.94. The molecule has 2 nitrogen and oxygen atoms in total. The van der Waals surface area contributed by atoms with Gasteiger partial charge in [0.1, 0.15) is 6.61 Å². The van der Waals surface area contributed by atoms with Crippen LogP contribution >= 0.6 is 46.4 Å². The molecule has 0 aromatic heterocycles. The second-order valence-electron chi connectivity index (χ2n) is 6.12. The fourth-order valence-electron chi connectivity index (χ4n) is 2.57. The van der Waals surface area contributed by atoms with Crippen molar-refractivity contribution in [2.45, 2.75) is 20.1 Å². The summed E-state index contributed by atoms with van der Waals surface area (Å²) in [5, 5.41) is 5.66. The minimum atomic E-state index is 0.357. The Morgan fingerprint density at radius 2 is 1.41 bits per heavy atom. The van der Waals surface area contributed by atoms with Crippen LogP contribution in [-0.2, 0) is 13.2 Å². The van der Waals surface area contributed by atoms with Gasteiger partial charge in [0.15, 0.2) is 5.75 Å². The molecule has 3 aromatic carbocycles. The van der Waals surface area contributed by atoms with Crippen LogP contribution in [0.4, 0.5) is 5.69 Å². The van der Waals surface area contributed by atoms with Gasteiger partial charge < -0.3 is 10.1 Å². The van der Waals surface area contributed by atoms with Gasteiger partial charge in [-0.1, -0.05) is 64.6 Å². The molecule has 0 aliphatic rings. The Kier molecular flexibility index (Phi) is 6.78. The third kappa shape index (κ3) is 5.46. The second-order valence-corrected chi connectivity index (χ2v) is 7.80. The monoisotopic (exact) mass is 439 g/mol. The van der Waals surface area contributed by atoms with E-state index >= 15 is 0 Å². The number of ether oxygens (including phenoxy) is 1. The number of benzene rings is 3. The van der Waals surface area contributed by atoms with E-state index < -0.39 is 0 Å². The molecule has 27 heavy (non-hydrogen) atoms. The fourth-order valence-corrected chi connectivity index (χ4v) is 3.51. The van der Waals surface area contributed by atoms with Gasteiger partial charge in [0.05, 0.1) is 10.0 Å². The minimum Gasteiger partial charge on any atom is -0.486 e. The highest BCUT2D eigenvalue weighted by Crippen LogP contribution is 2.35. The summed E-state index contributed by atoms with van der Waals surface area (Å²) in [4.78, 5) is 0. The standard InChI is InChI=1S/C21H17Cl4NO/c1-13-2-5-17(23)10-20(13)26-11-15-8-18(24)21(19(25)9-15)27-12-14-3-6-16(22)7-4-14/h2-10,26H,11-12H2,1H3. The smallest absolute Gasteiger partial charge is 0.156 e. The lowest BCUT2D eigenvalue weighted by molar-refractivity contribution is 0.306. The SMILES string of the molecule is Cc1ccc(Cl)cc1NCc1cc(Cl)c(OCc2ccc(Cl)cc2)c(Cl)c1. The maximum absolute atomic E-state index is 6.38. The van der Waals surface area contributed by atoms with E-state index in [2.05, 4.69) is 5.32 Å². The third-order valence-electron chi connectivity index (χ3n) is 4.04. The first kappa shape index (κ1) is 20.2. The zero-order valence-electron chi connectivity index (χ0n) is 14.5. The predicted octanol–water partition coefficient (Wildman–Crippen LogP) is 7.80. The van der Waals surface area contributed by atoms with Crippen molar-refractivity contribution in [1.82, 2.24) is 0 Å². The molecule has 3 rings (SSSR count). The van der Waals surface area contributed by atoms with Crippen LogP contribution in [0.1, 0.15) is 16.7 Å². The van der Waals surface area contributed by atoms with E-state index in [9.17, 15) is 0 Å². The van der Waals surface area contributed by atoms with Gasteiger partial charge in [-0.3, -0.25) is 0 Å². The lowest BCUT2D eigenvalue weighted by Crippen LogP contribution is -2.02. The normalized spacial score (nSPS) is 10.7. The van der Waals surface area contributed by atoms with Crippen LogP contribution in [0.15, 0.2) is 54.6 Å². The van der Waals surface area contributed by atoms with Crippen molar-refractivity contribution in [3.63, 3.8) is 0 Å². The van der Waals surface area contributed by atoms with Crippen molar-refractivity contribution >= 4 is 52.1 Å². The fraction of sp³-hybridized carbons (Fsp3) is 0.143. The zero-order chi connectivity index (χ0) is 19.4. The molecule has 140 valence electrons. The number of rotatable bonds is 6. The minimum absolute atomic E-state index is 0.357. The van der Waals surface area contributed by atoms with Crippen LogP contribution in [0.25, 0.3) is 0 Å². The van der Waals surface area contributed by atoms with Crippen molar-refractivity contribution < 1.29 is 4.74 Å². The Hall–Kier alpha value is -1.58. The van der Waals surface area contributed by atoms with Crippen molar-refractivity contribution in [2.24, 2.45) is 0 Å². The van der Waals surface area contributed by atoms with Gasteiger partial charge in [-0.05, 0) is 60.0 Å². The van der Waals surface area contributed by atoms with Gasteiger partial charge in [-0.15, -0.1) is 0 Å². The molecule has 6 heteroatoms. The highest BCUT2D eigenvalue weighted by Gasteiger charge is 2.11. The molecule has 3 aromatic rings. The first-order valence-electron chi connectivity index (χ1n) is 8.27. The third-order valence-corrected chi connectivity index (χ3v) is 5.09. The maximum atomic E-state index is 6.38. The molecule has 0 radical (unpaired) electrons. The van der Waals surface area contributed by atoms with Gasteiger partial charge >= 0.3 is 0 Å². The Labute approximate surface area is 179 Å². The van der Waals surface area contributed by atoms with Gasteiger partial charge in [-0.2, -0.15) is 0 Å². The van der Waals surface area contributed by atoms with E-state index in [1.54, 1.807) is 0 Å². The predicted molar refractivity (Wildman–Crippen MR) is 116 cm³/mol. The zero-order valence-corrected chi connectivity index (χ0v) is 17.6. The Balaban J connectivity index is 1.68. The van der Waals surface area contributed by atoms with Crippen LogP contribution in [-0.4, -0.2) is 0 Å². The summed E-state index contributed by atoms with van der Waals surface area (Å²) in [7, 11) is 0. The largest absolute Gasteiger partial charge is 0.486 e. The summed E-state index contributed by atoms with van der Waals surface area (Å²) in [5.41, 5.74) is 4.01. The molecule has 0 bridgehead atoms. The molecule has 0 heterocycles. The van der Waals surface area contributed by atoms with Crippen molar-refractivity contribution in [3.8, 4) is 5.75 Å². The molecule has 0 fully saturated rings. The second kappa shape index (κ2) is 9.07. The first-order valence-corrected chi connectivity index (χ1v) is 9.79. The van der Waals surface area contributed by atoms with Crippen LogP contribution in [0.2, 0.25) is 20.1 Å². The van der Waals surface area contributed by atoms with Crippen LogP contribution in [0.3, 0.4) is 0 Å². The summed E-state index contributed by atoms with van der Waals surface area (Å²) < 4.78 is 5.80. The van der Waals surface area contributed by atoms with E-state index in [0.29, 0.717) is 39.0 Å². The summed E-state index contributed by atoms with van der Waals surface area (Å²) in [6, 6.07) is 16.8. The molecule has 0 amide bonds. The Morgan fingerprint density at radius 3 is 2.07 bits per heavy atom. The molecule has 0 saturated carbocycles. The first-order chi connectivity index (χ1) is 12.9. The van der Waals surface area contributed by atoms with Crippen molar-refractivity contribution in [1.29, 1.82) is 0 Å². The lowest BCUT2D eigenvalue weighted by atomic mass is 10.1. The highest BCUT2D eigenvalue weighted by atomic mass is 35.5.